The third kappa shape index (κ3) is 2.53. The average Bonchev–Trinajstić information content (AvgIpc) is 2.70. The number of H-pyrrole nitrogens is 1. The number of tetrazole rings is 1. The van der Waals surface area contributed by atoms with Gasteiger partial charge in [-0.25, -0.2) is 0 Å². The van der Waals surface area contributed by atoms with Crippen LogP contribution in [0.3, 0.4) is 0 Å². The number of benzene rings is 1. The number of esters is 1. The number of nitrogens with zero attached hydrogens (tertiary/aromatic N) is 3. The van der Waals surface area contributed by atoms with Crippen LogP contribution < -0.4 is 9.47 Å². The smallest absolute Gasteiger partial charge is 0.361 e. The van der Waals surface area contributed by atoms with Gasteiger partial charge in [-0.15, -0.1) is 0 Å². The maximum atomic E-state index is 10.7. The van der Waals surface area contributed by atoms with E-state index < -0.39 is 5.97 Å². The van der Waals surface area contributed by atoms with Crippen molar-refractivity contribution in [3.63, 3.8) is 0 Å². The minimum atomic E-state index is -0.392. The van der Waals surface area contributed by atoms with Crippen LogP contribution >= 0.6 is 0 Å². The van der Waals surface area contributed by atoms with Crippen molar-refractivity contribution in [1.29, 1.82) is 0 Å². The van der Waals surface area contributed by atoms with Crippen LogP contribution in [0.4, 0.5) is 0 Å². The van der Waals surface area contributed by atoms with Gasteiger partial charge in [0.05, 0.1) is 0 Å². The number of aromatic nitrogens is 4. The number of ether oxygens (including phenoxy) is 2. The van der Waals surface area contributed by atoms with Crippen molar-refractivity contribution in [3.8, 4) is 17.5 Å². The average molecular weight is 220 g/mol. The molecule has 0 bridgehead atoms. The fourth-order valence-corrected chi connectivity index (χ4v) is 1.07. The minimum absolute atomic E-state index is 0.0972. The summed E-state index contributed by atoms with van der Waals surface area (Å²) in [5, 5.41) is 12.8. The Labute approximate surface area is 90.4 Å². The van der Waals surface area contributed by atoms with Crippen LogP contribution in [0.25, 0.3) is 0 Å². The third-order valence-corrected chi connectivity index (χ3v) is 1.60. The zero-order valence-electron chi connectivity index (χ0n) is 8.38. The van der Waals surface area contributed by atoms with E-state index in [1.165, 1.54) is 6.92 Å². The molecule has 0 unspecified atom stereocenters. The molecular weight excluding hydrogens is 212 g/mol. The van der Waals surface area contributed by atoms with Gasteiger partial charge in [0.15, 0.2) is 0 Å². The molecular formula is C9H8N4O3. The Hall–Kier alpha value is -2.44. The normalized spacial score (nSPS) is 9.81. The molecule has 2 rings (SSSR count). The van der Waals surface area contributed by atoms with Crippen LogP contribution in [0.2, 0.25) is 0 Å². The fourth-order valence-electron chi connectivity index (χ4n) is 1.07. The van der Waals surface area contributed by atoms with Crippen LogP contribution in [-0.4, -0.2) is 26.6 Å². The first-order chi connectivity index (χ1) is 7.74. The molecule has 0 atom stereocenters. The largest absolute Gasteiger partial charge is 0.427 e. The van der Waals surface area contributed by atoms with Gasteiger partial charge in [-0.3, -0.25) is 4.79 Å². The fraction of sp³-hybridized carbons (Fsp3) is 0.111. The molecule has 0 amide bonds. The van der Waals surface area contributed by atoms with Crippen molar-refractivity contribution in [1.82, 2.24) is 20.6 Å². The maximum absolute atomic E-state index is 10.7. The van der Waals surface area contributed by atoms with Crippen LogP contribution in [0, 0.1) is 0 Å². The van der Waals surface area contributed by atoms with E-state index in [1.807, 2.05) is 0 Å². The third-order valence-electron chi connectivity index (χ3n) is 1.60. The van der Waals surface area contributed by atoms with E-state index in [0.29, 0.717) is 11.5 Å². The summed E-state index contributed by atoms with van der Waals surface area (Å²) >= 11 is 0. The predicted molar refractivity (Wildman–Crippen MR) is 52.0 cm³/mol. The van der Waals surface area contributed by atoms with Gasteiger partial charge in [-0.2, -0.15) is 5.21 Å². The van der Waals surface area contributed by atoms with E-state index in [-0.39, 0.29) is 6.01 Å². The van der Waals surface area contributed by atoms with Gasteiger partial charge in [-0.1, -0.05) is 16.3 Å². The highest BCUT2D eigenvalue weighted by Crippen LogP contribution is 2.22. The molecule has 0 saturated heterocycles. The summed E-state index contributed by atoms with van der Waals surface area (Å²) in [6.45, 7) is 1.33. The zero-order valence-corrected chi connectivity index (χ0v) is 8.38. The number of hydrogen-bond acceptors (Lipinski definition) is 6. The first-order valence-electron chi connectivity index (χ1n) is 4.44. The summed E-state index contributed by atoms with van der Waals surface area (Å²) in [6.07, 6.45) is 0. The molecule has 7 heteroatoms. The Morgan fingerprint density at radius 1 is 1.38 bits per heavy atom. The van der Waals surface area contributed by atoms with Gasteiger partial charge in [0.25, 0.3) is 0 Å². The van der Waals surface area contributed by atoms with E-state index in [2.05, 4.69) is 20.6 Å². The van der Waals surface area contributed by atoms with E-state index in [0.717, 1.165) is 0 Å². The number of rotatable bonds is 3. The number of carbonyl (C=O) groups excluding carboxylic acids is 1. The van der Waals surface area contributed by atoms with E-state index in [9.17, 15) is 4.79 Å². The van der Waals surface area contributed by atoms with Crippen molar-refractivity contribution < 1.29 is 14.3 Å². The second-order valence-corrected chi connectivity index (χ2v) is 2.86. The summed E-state index contributed by atoms with van der Waals surface area (Å²) in [5.74, 6) is 0.463. The van der Waals surface area contributed by atoms with Crippen molar-refractivity contribution in [3.05, 3.63) is 24.3 Å². The van der Waals surface area contributed by atoms with Crippen molar-refractivity contribution in [2.75, 3.05) is 0 Å². The van der Waals surface area contributed by atoms with Crippen molar-refractivity contribution in [2.24, 2.45) is 0 Å². The van der Waals surface area contributed by atoms with Crippen molar-refractivity contribution >= 4 is 5.97 Å². The maximum Gasteiger partial charge on any atom is 0.361 e. The molecule has 0 aliphatic carbocycles. The highest BCUT2D eigenvalue weighted by molar-refractivity contribution is 5.69. The highest BCUT2D eigenvalue weighted by atomic mass is 16.5. The quantitative estimate of drug-likeness (QED) is 0.611. The Morgan fingerprint density at radius 2 is 2.19 bits per heavy atom. The molecule has 82 valence electrons. The molecule has 0 spiro atoms. The van der Waals surface area contributed by atoms with E-state index in [1.54, 1.807) is 24.3 Å². The van der Waals surface area contributed by atoms with Crippen LogP contribution in [0.5, 0.6) is 17.5 Å². The molecule has 16 heavy (non-hydrogen) atoms. The lowest BCUT2D eigenvalue weighted by molar-refractivity contribution is -0.131. The zero-order chi connectivity index (χ0) is 11.4. The topological polar surface area (TPSA) is 90.0 Å². The molecule has 0 fully saturated rings. The summed E-state index contributed by atoms with van der Waals surface area (Å²) < 4.78 is 10.1. The first kappa shape index (κ1) is 10.1. The van der Waals surface area contributed by atoms with E-state index in [4.69, 9.17) is 9.47 Å². The summed E-state index contributed by atoms with van der Waals surface area (Å²) in [6, 6.07) is 6.67. The molecule has 0 radical (unpaired) electrons. The molecule has 1 N–H and O–H groups in total. The van der Waals surface area contributed by atoms with Gasteiger partial charge < -0.3 is 9.47 Å². The van der Waals surface area contributed by atoms with Gasteiger partial charge in [-0.05, 0) is 17.3 Å². The monoisotopic (exact) mass is 220 g/mol. The summed E-state index contributed by atoms with van der Waals surface area (Å²) in [4.78, 5) is 10.7. The molecule has 0 saturated carbocycles. The number of aromatic amines is 1. The van der Waals surface area contributed by atoms with Crippen molar-refractivity contribution in [2.45, 2.75) is 6.92 Å². The van der Waals surface area contributed by atoms with Crippen LogP contribution in [0.1, 0.15) is 6.92 Å². The Kier molecular flexibility index (Phi) is 2.77. The lowest BCUT2D eigenvalue weighted by atomic mass is 10.3. The van der Waals surface area contributed by atoms with Gasteiger partial charge in [0.2, 0.25) is 0 Å². The Bertz CT molecular complexity index is 483. The minimum Gasteiger partial charge on any atom is -0.427 e. The van der Waals surface area contributed by atoms with Gasteiger partial charge in [0.1, 0.15) is 11.5 Å². The van der Waals surface area contributed by atoms with E-state index >= 15 is 0 Å². The lowest BCUT2D eigenvalue weighted by Crippen LogP contribution is -2.01. The SMILES string of the molecule is CC(=O)Oc1cccc(Oc2nn[nH]n2)c1. The molecule has 2 aromatic rings. The van der Waals surface area contributed by atoms with Crippen LogP contribution in [0.15, 0.2) is 24.3 Å². The van der Waals surface area contributed by atoms with Gasteiger partial charge in [0, 0.05) is 13.0 Å². The first-order valence-corrected chi connectivity index (χ1v) is 4.44. The number of hydrogen-bond donors (Lipinski definition) is 1. The molecule has 1 heterocycles. The second kappa shape index (κ2) is 4.39. The standard InChI is InChI=1S/C9H8N4O3/c1-6(14)15-7-3-2-4-8(5-7)16-9-10-12-13-11-9/h2-5H,1H3,(H,10,11,12,13). The summed E-state index contributed by atoms with van der Waals surface area (Å²) in [7, 11) is 0. The molecule has 1 aromatic carbocycles. The molecule has 0 aliphatic rings. The molecule has 1 aromatic heterocycles. The summed E-state index contributed by atoms with van der Waals surface area (Å²) in [5.41, 5.74) is 0. The number of carbonyl (C=O) groups is 1. The number of nitrogens with one attached hydrogen (secondary N) is 1. The van der Waals surface area contributed by atoms with Crippen LogP contribution in [-0.2, 0) is 4.79 Å². The molecule has 7 nitrogen and oxygen atoms in total. The predicted octanol–water partition coefficient (Wildman–Crippen LogP) is 0.917. The lowest BCUT2D eigenvalue weighted by Gasteiger charge is -2.03. The Balaban J connectivity index is 2.13. The molecule has 0 aliphatic heterocycles. The highest BCUT2D eigenvalue weighted by Gasteiger charge is 2.04. The Morgan fingerprint density at radius 3 is 2.88 bits per heavy atom. The van der Waals surface area contributed by atoms with Gasteiger partial charge >= 0.3 is 12.0 Å². The second-order valence-electron chi connectivity index (χ2n) is 2.86.